The zero-order valence-corrected chi connectivity index (χ0v) is 15.3. The van der Waals surface area contributed by atoms with Gasteiger partial charge in [-0.2, -0.15) is 18.3 Å². The van der Waals surface area contributed by atoms with E-state index in [4.69, 9.17) is 0 Å². The van der Waals surface area contributed by atoms with Gasteiger partial charge in [-0.15, -0.1) is 0 Å². The summed E-state index contributed by atoms with van der Waals surface area (Å²) >= 11 is 0. The maximum atomic E-state index is 13.2. The molecule has 1 aliphatic carbocycles. The number of imidazole rings is 1. The number of nitrogens with one attached hydrogen (secondary N) is 1. The van der Waals surface area contributed by atoms with Crippen LogP contribution in [-0.4, -0.2) is 37.7 Å². The van der Waals surface area contributed by atoms with E-state index in [2.05, 4.69) is 20.4 Å². The summed E-state index contributed by atoms with van der Waals surface area (Å²) < 4.78 is 41.0. The van der Waals surface area contributed by atoms with Crippen LogP contribution in [0.1, 0.15) is 34.6 Å². The summed E-state index contributed by atoms with van der Waals surface area (Å²) in [7, 11) is 0. The number of nitrogens with zero attached hydrogens (tertiary/aromatic N) is 4. The van der Waals surface area contributed by atoms with Crippen molar-refractivity contribution in [1.82, 2.24) is 24.9 Å². The van der Waals surface area contributed by atoms with E-state index in [1.165, 1.54) is 10.7 Å². The van der Waals surface area contributed by atoms with Crippen LogP contribution in [0.15, 0.2) is 30.6 Å². The maximum absolute atomic E-state index is 13.2. The first kappa shape index (κ1) is 18.4. The molecule has 1 fully saturated rings. The largest absolute Gasteiger partial charge is 0.408 e. The average Bonchev–Trinajstić information content (AvgIpc) is 3.37. The third-order valence-electron chi connectivity index (χ3n) is 4.82. The second kappa shape index (κ2) is 6.57. The first-order valence-corrected chi connectivity index (χ1v) is 8.90. The summed E-state index contributed by atoms with van der Waals surface area (Å²) in [6.07, 6.45) is -0.660. The average molecular weight is 389 g/mol. The number of halogens is 3. The van der Waals surface area contributed by atoms with Crippen LogP contribution in [0.2, 0.25) is 0 Å². The van der Waals surface area contributed by atoms with E-state index in [9.17, 15) is 18.0 Å². The zero-order chi connectivity index (χ0) is 20.1. The lowest BCUT2D eigenvalue weighted by Gasteiger charge is -2.21. The Morgan fingerprint density at radius 1 is 1.21 bits per heavy atom. The van der Waals surface area contributed by atoms with Gasteiger partial charge in [-0.3, -0.25) is 9.78 Å². The van der Waals surface area contributed by atoms with Gasteiger partial charge >= 0.3 is 6.18 Å². The van der Waals surface area contributed by atoms with E-state index in [1.54, 1.807) is 19.2 Å². The number of carbonyl (C=O) groups is 1. The van der Waals surface area contributed by atoms with Crippen LogP contribution < -0.4 is 5.32 Å². The molecule has 3 aromatic rings. The van der Waals surface area contributed by atoms with Crippen molar-refractivity contribution in [3.05, 3.63) is 47.5 Å². The normalized spacial score (nSPS) is 15.6. The topological polar surface area (TPSA) is 72.2 Å². The van der Waals surface area contributed by atoms with Gasteiger partial charge in [0.1, 0.15) is 6.04 Å². The van der Waals surface area contributed by atoms with Crippen molar-refractivity contribution >= 4 is 11.6 Å². The van der Waals surface area contributed by atoms with Gasteiger partial charge in [0.25, 0.3) is 5.91 Å². The summed E-state index contributed by atoms with van der Waals surface area (Å²) in [4.78, 5) is 21.0. The minimum atomic E-state index is -4.49. The molecule has 1 atom stereocenters. The molecule has 0 aromatic carbocycles. The second-order valence-corrected chi connectivity index (χ2v) is 7.11. The highest BCUT2D eigenvalue weighted by molar-refractivity contribution is 5.93. The molecule has 4 rings (SSSR count). The van der Waals surface area contributed by atoms with Gasteiger partial charge in [0.15, 0.2) is 11.3 Å². The summed E-state index contributed by atoms with van der Waals surface area (Å²) in [5, 5.41) is 6.54. The number of hydrogen-bond donors (Lipinski definition) is 1. The molecule has 1 amide bonds. The number of aromatic nitrogens is 4. The first-order valence-electron chi connectivity index (χ1n) is 8.90. The number of pyridine rings is 1. The van der Waals surface area contributed by atoms with Crippen molar-refractivity contribution < 1.29 is 18.0 Å². The Labute approximate surface area is 158 Å². The minimum Gasteiger partial charge on any atom is -0.339 e. The molecule has 1 aliphatic rings. The third kappa shape index (κ3) is 3.44. The summed E-state index contributed by atoms with van der Waals surface area (Å²) in [6, 6.07) is 3.64. The van der Waals surface area contributed by atoms with Gasteiger partial charge in [-0.05, 0) is 56.4 Å². The second-order valence-electron chi connectivity index (χ2n) is 7.11. The van der Waals surface area contributed by atoms with Gasteiger partial charge in [-0.25, -0.2) is 9.50 Å². The van der Waals surface area contributed by atoms with E-state index in [0.717, 1.165) is 16.8 Å². The van der Waals surface area contributed by atoms with Gasteiger partial charge < -0.3 is 5.32 Å². The highest BCUT2D eigenvalue weighted by Crippen LogP contribution is 2.40. The Morgan fingerprint density at radius 3 is 2.57 bits per heavy atom. The molecule has 0 spiro atoms. The lowest BCUT2D eigenvalue weighted by atomic mass is 10.1. The number of alkyl halides is 3. The fourth-order valence-electron chi connectivity index (χ4n) is 3.15. The third-order valence-corrected chi connectivity index (χ3v) is 4.82. The maximum Gasteiger partial charge on any atom is 0.408 e. The molecule has 3 aromatic heterocycles. The van der Waals surface area contributed by atoms with Crippen LogP contribution in [0, 0.1) is 19.8 Å². The summed E-state index contributed by atoms with van der Waals surface area (Å²) in [5.74, 6) is -1.40. The van der Waals surface area contributed by atoms with Crippen LogP contribution in [0.4, 0.5) is 13.2 Å². The molecule has 146 valence electrons. The van der Waals surface area contributed by atoms with Crippen LogP contribution in [0.25, 0.3) is 16.9 Å². The Bertz CT molecular complexity index is 1040. The Kier molecular flexibility index (Phi) is 4.32. The van der Waals surface area contributed by atoms with Crippen molar-refractivity contribution in [2.75, 3.05) is 0 Å². The van der Waals surface area contributed by atoms with E-state index in [1.807, 2.05) is 19.1 Å². The summed E-state index contributed by atoms with van der Waals surface area (Å²) in [6.45, 7) is 3.67. The number of aryl methyl sites for hydroxylation is 2. The van der Waals surface area contributed by atoms with Gasteiger partial charge in [0, 0.05) is 17.5 Å². The van der Waals surface area contributed by atoms with Crippen LogP contribution >= 0.6 is 0 Å². The Hall–Kier alpha value is -2.97. The van der Waals surface area contributed by atoms with Crippen molar-refractivity contribution in [2.45, 2.75) is 38.9 Å². The fourth-order valence-corrected chi connectivity index (χ4v) is 3.15. The predicted octanol–water partition coefficient (Wildman–Crippen LogP) is 3.48. The number of rotatable bonds is 4. The van der Waals surface area contributed by atoms with Gasteiger partial charge in [0.2, 0.25) is 0 Å². The number of carbonyl (C=O) groups excluding carboxylic acids is 1. The molecule has 1 N–H and O–H groups in total. The van der Waals surface area contributed by atoms with E-state index >= 15 is 0 Å². The van der Waals surface area contributed by atoms with E-state index in [-0.39, 0.29) is 5.69 Å². The zero-order valence-electron chi connectivity index (χ0n) is 15.3. The van der Waals surface area contributed by atoms with Crippen LogP contribution in [-0.2, 0) is 0 Å². The van der Waals surface area contributed by atoms with Gasteiger partial charge in [-0.1, -0.05) is 0 Å². The highest BCUT2D eigenvalue weighted by Gasteiger charge is 2.49. The fraction of sp³-hybridized carbons (Fsp3) is 0.368. The number of hydrogen-bond acceptors (Lipinski definition) is 4. The van der Waals surface area contributed by atoms with Crippen molar-refractivity contribution in [3.63, 3.8) is 0 Å². The Balaban J connectivity index is 1.71. The molecular formula is C19H18F3N5O. The molecule has 1 saturated carbocycles. The van der Waals surface area contributed by atoms with Crippen molar-refractivity contribution in [3.8, 4) is 11.3 Å². The molecule has 0 radical (unpaired) electrons. The molecule has 9 heteroatoms. The van der Waals surface area contributed by atoms with Crippen molar-refractivity contribution in [2.24, 2.45) is 5.92 Å². The van der Waals surface area contributed by atoms with E-state index < -0.39 is 24.0 Å². The quantitative estimate of drug-likeness (QED) is 0.742. The lowest BCUT2D eigenvalue weighted by molar-refractivity contribution is -0.158. The number of fused-ring (bicyclic) bond motifs is 1. The molecule has 0 saturated heterocycles. The monoisotopic (exact) mass is 389 g/mol. The molecule has 0 aliphatic heterocycles. The van der Waals surface area contributed by atoms with Crippen LogP contribution in [0.3, 0.4) is 0 Å². The van der Waals surface area contributed by atoms with E-state index in [0.29, 0.717) is 24.2 Å². The first-order chi connectivity index (χ1) is 13.2. The molecule has 6 nitrogen and oxygen atoms in total. The smallest absolute Gasteiger partial charge is 0.339 e. The molecular weight excluding hydrogens is 371 g/mol. The molecule has 28 heavy (non-hydrogen) atoms. The SMILES string of the molecule is Cc1ccc(-c2cc(C)c3ncc(C(=O)NC(C4CC4)C(F)(F)F)n3n2)cn1. The Morgan fingerprint density at radius 2 is 1.96 bits per heavy atom. The van der Waals surface area contributed by atoms with Crippen LogP contribution in [0.5, 0.6) is 0 Å². The molecule has 1 unspecified atom stereocenters. The van der Waals surface area contributed by atoms with Gasteiger partial charge in [0.05, 0.1) is 11.9 Å². The minimum absolute atomic E-state index is 0.0325. The highest BCUT2D eigenvalue weighted by atomic mass is 19.4. The predicted molar refractivity (Wildman–Crippen MR) is 95.7 cm³/mol. The lowest BCUT2D eigenvalue weighted by Crippen LogP contribution is -2.47. The molecule has 0 bridgehead atoms. The number of amides is 1. The molecule has 3 heterocycles. The van der Waals surface area contributed by atoms with Crippen molar-refractivity contribution in [1.29, 1.82) is 0 Å². The summed E-state index contributed by atoms with van der Waals surface area (Å²) in [5.41, 5.74) is 3.28. The standard InChI is InChI=1S/C19H18F3N5O/c1-10-7-14(13-4-3-11(2)23-8-13)26-27-15(9-24-17(10)27)18(28)25-16(12-5-6-12)19(20,21)22/h3-4,7-9,12,16H,5-6H2,1-2H3,(H,25,28).